The molecular formula is C10H17NO. The Labute approximate surface area is 73.8 Å². The second kappa shape index (κ2) is 3.31. The molecule has 1 aromatic heterocycles. The van der Waals surface area contributed by atoms with Crippen LogP contribution in [0.15, 0.2) is 18.5 Å². The van der Waals surface area contributed by atoms with Gasteiger partial charge >= 0.3 is 0 Å². The fourth-order valence-electron chi connectivity index (χ4n) is 1.16. The van der Waals surface area contributed by atoms with Crippen molar-refractivity contribution in [2.24, 2.45) is 7.05 Å². The molecule has 0 saturated heterocycles. The van der Waals surface area contributed by atoms with Crippen molar-refractivity contribution >= 4 is 0 Å². The summed E-state index contributed by atoms with van der Waals surface area (Å²) in [7, 11) is 2.01. The summed E-state index contributed by atoms with van der Waals surface area (Å²) in [5.74, 6) is 0. The average Bonchev–Trinajstić information content (AvgIpc) is 2.30. The minimum atomic E-state index is -0.546. The first kappa shape index (κ1) is 9.33. The maximum atomic E-state index is 9.48. The van der Waals surface area contributed by atoms with Gasteiger partial charge < -0.3 is 9.67 Å². The largest absolute Gasteiger partial charge is 0.390 e. The van der Waals surface area contributed by atoms with Crippen molar-refractivity contribution in [2.75, 3.05) is 0 Å². The summed E-state index contributed by atoms with van der Waals surface area (Å²) in [6.45, 7) is 3.69. The van der Waals surface area contributed by atoms with Gasteiger partial charge in [-0.05, 0) is 38.3 Å². The first-order valence-electron chi connectivity index (χ1n) is 4.31. The lowest BCUT2D eigenvalue weighted by Crippen LogP contribution is -2.18. The second-order valence-corrected chi connectivity index (χ2v) is 4.00. The van der Waals surface area contributed by atoms with Gasteiger partial charge in [-0.25, -0.2) is 0 Å². The van der Waals surface area contributed by atoms with Crippen LogP contribution < -0.4 is 0 Å². The summed E-state index contributed by atoms with van der Waals surface area (Å²) in [5.41, 5.74) is 0.746. The van der Waals surface area contributed by atoms with Crippen LogP contribution in [0.1, 0.15) is 25.8 Å². The van der Waals surface area contributed by atoms with Crippen molar-refractivity contribution in [1.82, 2.24) is 4.57 Å². The number of aromatic nitrogens is 1. The molecule has 0 saturated carbocycles. The molecule has 0 aliphatic carbocycles. The third-order valence-electron chi connectivity index (χ3n) is 1.92. The topological polar surface area (TPSA) is 25.2 Å². The molecule has 2 nitrogen and oxygen atoms in total. The van der Waals surface area contributed by atoms with Crippen molar-refractivity contribution in [3.05, 3.63) is 24.0 Å². The summed E-state index contributed by atoms with van der Waals surface area (Å²) < 4.78 is 2.03. The Morgan fingerprint density at radius 1 is 1.50 bits per heavy atom. The van der Waals surface area contributed by atoms with Crippen LogP contribution in [-0.2, 0) is 13.5 Å². The van der Waals surface area contributed by atoms with Crippen LogP contribution in [0.2, 0.25) is 0 Å². The lowest BCUT2D eigenvalue weighted by Gasteiger charge is -2.15. The van der Waals surface area contributed by atoms with Gasteiger partial charge in [0.25, 0.3) is 0 Å². The zero-order chi connectivity index (χ0) is 9.19. The van der Waals surface area contributed by atoms with Gasteiger partial charge in [-0.2, -0.15) is 0 Å². The molecule has 0 unspecified atom stereocenters. The van der Waals surface area contributed by atoms with Gasteiger partial charge in [0.15, 0.2) is 0 Å². The summed E-state index contributed by atoms with van der Waals surface area (Å²) in [6, 6.07) is 2.09. The van der Waals surface area contributed by atoms with Crippen LogP contribution in [-0.4, -0.2) is 15.3 Å². The monoisotopic (exact) mass is 167 g/mol. The molecule has 0 spiro atoms. The van der Waals surface area contributed by atoms with Crippen molar-refractivity contribution in [3.8, 4) is 0 Å². The first-order chi connectivity index (χ1) is 5.47. The molecule has 1 aromatic rings. The molecule has 0 aliphatic heterocycles. The van der Waals surface area contributed by atoms with Gasteiger partial charge in [0.2, 0.25) is 0 Å². The van der Waals surface area contributed by atoms with Crippen LogP contribution in [0.4, 0.5) is 0 Å². The van der Waals surface area contributed by atoms with E-state index in [0.717, 1.165) is 12.8 Å². The number of hydrogen-bond donors (Lipinski definition) is 1. The Morgan fingerprint density at radius 3 is 2.58 bits per heavy atom. The Bertz CT molecular complexity index is 245. The molecule has 0 radical (unpaired) electrons. The van der Waals surface area contributed by atoms with E-state index in [4.69, 9.17) is 0 Å². The fraction of sp³-hybridized carbons (Fsp3) is 0.600. The van der Waals surface area contributed by atoms with E-state index in [0.29, 0.717) is 0 Å². The standard InChI is InChI=1S/C10H17NO/c1-10(2,12)6-4-9-5-7-11(3)8-9/h5,7-8,12H,4,6H2,1-3H3. The fourth-order valence-corrected chi connectivity index (χ4v) is 1.16. The van der Waals surface area contributed by atoms with Gasteiger partial charge in [-0.15, -0.1) is 0 Å². The number of aryl methyl sites for hydroxylation is 2. The molecular weight excluding hydrogens is 150 g/mol. The van der Waals surface area contributed by atoms with Crippen LogP contribution in [0.3, 0.4) is 0 Å². The molecule has 0 amide bonds. The molecule has 1 rings (SSSR count). The molecule has 0 bridgehead atoms. The van der Waals surface area contributed by atoms with Gasteiger partial charge in [-0.3, -0.25) is 0 Å². The third kappa shape index (κ3) is 3.09. The highest BCUT2D eigenvalue weighted by molar-refractivity contribution is 5.10. The van der Waals surface area contributed by atoms with Gasteiger partial charge in [0.05, 0.1) is 5.60 Å². The van der Waals surface area contributed by atoms with Crippen LogP contribution in [0.5, 0.6) is 0 Å². The Hall–Kier alpha value is -0.760. The second-order valence-electron chi connectivity index (χ2n) is 4.00. The Kier molecular flexibility index (Phi) is 2.58. The molecule has 2 heteroatoms. The van der Waals surface area contributed by atoms with Crippen LogP contribution in [0.25, 0.3) is 0 Å². The summed E-state index contributed by atoms with van der Waals surface area (Å²) in [6.07, 6.45) is 5.88. The first-order valence-corrected chi connectivity index (χ1v) is 4.31. The maximum absolute atomic E-state index is 9.48. The molecule has 12 heavy (non-hydrogen) atoms. The predicted octanol–water partition coefficient (Wildman–Crippen LogP) is 1.73. The van der Waals surface area contributed by atoms with Crippen molar-refractivity contribution < 1.29 is 5.11 Å². The SMILES string of the molecule is Cn1ccc(CCC(C)(C)O)c1. The zero-order valence-corrected chi connectivity index (χ0v) is 8.04. The van der Waals surface area contributed by atoms with Crippen molar-refractivity contribution in [2.45, 2.75) is 32.3 Å². The highest BCUT2D eigenvalue weighted by Crippen LogP contribution is 2.12. The van der Waals surface area contributed by atoms with E-state index in [9.17, 15) is 5.11 Å². The lowest BCUT2D eigenvalue weighted by molar-refractivity contribution is 0.0714. The number of hydrogen-bond acceptors (Lipinski definition) is 1. The summed E-state index contributed by atoms with van der Waals surface area (Å²) >= 11 is 0. The van der Waals surface area contributed by atoms with E-state index in [1.54, 1.807) is 0 Å². The van der Waals surface area contributed by atoms with Crippen LogP contribution in [0, 0.1) is 0 Å². The molecule has 1 N–H and O–H groups in total. The molecule has 0 aliphatic rings. The number of nitrogens with zero attached hydrogens (tertiary/aromatic N) is 1. The Balaban J connectivity index is 2.44. The zero-order valence-electron chi connectivity index (χ0n) is 8.04. The minimum Gasteiger partial charge on any atom is -0.390 e. The quantitative estimate of drug-likeness (QED) is 0.728. The molecule has 68 valence electrons. The summed E-state index contributed by atoms with van der Waals surface area (Å²) in [4.78, 5) is 0. The average molecular weight is 167 g/mol. The Morgan fingerprint density at radius 2 is 2.17 bits per heavy atom. The smallest absolute Gasteiger partial charge is 0.0594 e. The van der Waals surface area contributed by atoms with E-state index in [1.807, 2.05) is 31.7 Å². The van der Waals surface area contributed by atoms with Gasteiger partial charge in [0, 0.05) is 19.4 Å². The minimum absolute atomic E-state index is 0.546. The maximum Gasteiger partial charge on any atom is 0.0594 e. The number of rotatable bonds is 3. The highest BCUT2D eigenvalue weighted by atomic mass is 16.3. The number of aliphatic hydroxyl groups is 1. The van der Waals surface area contributed by atoms with E-state index < -0.39 is 5.60 Å². The molecule has 0 atom stereocenters. The van der Waals surface area contributed by atoms with Gasteiger partial charge in [0.1, 0.15) is 0 Å². The van der Waals surface area contributed by atoms with Crippen LogP contribution >= 0.6 is 0 Å². The summed E-state index contributed by atoms with van der Waals surface area (Å²) in [5, 5.41) is 9.48. The van der Waals surface area contributed by atoms with Crippen molar-refractivity contribution in [3.63, 3.8) is 0 Å². The van der Waals surface area contributed by atoms with Crippen molar-refractivity contribution in [1.29, 1.82) is 0 Å². The molecule has 0 fully saturated rings. The predicted molar refractivity (Wildman–Crippen MR) is 50.0 cm³/mol. The molecule has 0 aromatic carbocycles. The van der Waals surface area contributed by atoms with E-state index in [-0.39, 0.29) is 0 Å². The highest BCUT2D eigenvalue weighted by Gasteiger charge is 2.11. The van der Waals surface area contributed by atoms with E-state index in [2.05, 4.69) is 12.3 Å². The lowest BCUT2D eigenvalue weighted by atomic mass is 10.0. The van der Waals surface area contributed by atoms with E-state index in [1.165, 1.54) is 5.56 Å². The third-order valence-corrected chi connectivity index (χ3v) is 1.92. The van der Waals surface area contributed by atoms with E-state index >= 15 is 0 Å². The molecule has 1 heterocycles. The van der Waals surface area contributed by atoms with Gasteiger partial charge in [-0.1, -0.05) is 0 Å². The normalized spacial score (nSPS) is 12.0.